The van der Waals surface area contributed by atoms with Crippen LogP contribution in [0.3, 0.4) is 0 Å². The van der Waals surface area contributed by atoms with Gasteiger partial charge in [0.1, 0.15) is 5.75 Å². The molecular formula is C16H13BrF3N3OS. The Balaban J connectivity index is 2.00. The van der Waals surface area contributed by atoms with Crippen molar-refractivity contribution in [2.75, 3.05) is 0 Å². The third-order valence-corrected chi connectivity index (χ3v) is 4.51. The van der Waals surface area contributed by atoms with Crippen molar-refractivity contribution in [3.05, 3.63) is 64.1 Å². The lowest BCUT2D eigenvalue weighted by Gasteiger charge is -2.11. The van der Waals surface area contributed by atoms with E-state index in [0.29, 0.717) is 11.3 Å². The summed E-state index contributed by atoms with van der Waals surface area (Å²) in [5.41, 5.74) is 7.22. The predicted molar refractivity (Wildman–Crippen MR) is 97.8 cm³/mol. The van der Waals surface area contributed by atoms with E-state index in [2.05, 4.69) is 30.9 Å². The van der Waals surface area contributed by atoms with Gasteiger partial charge in [-0.05, 0) is 27.6 Å². The highest BCUT2D eigenvalue weighted by Gasteiger charge is 2.32. The molecule has 0 radical (unpaired) electrons. The van der Waals surface area contributed by atoms with Crippen LogP contribution in [0, 0.1) is 0 Å². The molecule has 0 spiro atoms. The molecule has 2 N–H and O–H groups in total. The first-order chi connectivity index (χ1) is 11.8. The Morgan fingerprint density at radius 1 is 1.16 bits per heavy atom. The number of nitrogens with two attached hydrogens (primary N) is 1. The average Bonchev–Trinajstić information content (AvgIpc) is 2.56. The molecule has 0 aliphatic carbocycles. The van der Waals surface area contributed by atoms with Gasteiger partial charge in [0, 0.05) is 11.3 Å². The first-order valence-electron chi connectivity index (χ1n) is 6.92. The maximum absolute atomic E-state index is 12.3. The van der Waals surface area contributed by atoms with Crippen molar-refractivity contribution < 1.29 is 17.9 Å². The van der Waals surface area contributed by atoms with Gasteiger partial charge in [-0.15, -0.1) is 18.3 Å². The van der Waals surface area contributed by atoms with Crippen LogP contribution in [0.2, 0.25) is 0 Å². The van der Waals surface area contributed by atoms with Gasteiger partial charge >= 0.3 is 6.36 Å². The van der Waals surface area contributed by atoms with Crippen molar-refractivity contribution in [1.82, 2.24) is 0 Å². The van der Waals surface area contributed by atoms with Gasteiger partial charge in [-0.25, -0.2) is 0 Å². The first-order valence-corrected chi connectivity index (χ1v) is 8.70. The zero-order valence-electron chi connectivity index (χ0n) is 12.7. The van der Waals surface area contributed by atoms with Gasteiger partial charge in [0.15, 0.2) is 5.17 Å². The summed E-state index contributed by atoms with van der Waals surface area (Å²) in [6, 6.07) is 13.9. The number of hydrogen-bond donors (Lipinski definition) is 1. The highest BCUT2D eigenvalue weighted by atomic mass is 79.9. The molecule has 0 amide bonds. The Kier molecular flexibility index (Phi) is 6.89. The quantitative estimate of drug-likeness (QED) is 0.414. The molecule has 0 aliphatic heterocycles. The highest BCUT2D eigenvalue weighted by molar-refractivity contribution is 9.10. The number of nitrogens with zero attached hydrogens (tertiary/aromatic N) is 2. The molecule has 2 aromatic carbocycles. The normalized spacial score (nSPS) is 12.6. The lowest BCUT2D eigenvalue weighted by atomic mass is 10.2. The Morgan fingerprint density at radius 3 is 2.56 bits per heavy atom. The molecule has 4 nitrogen and oxygen atoms in total. The topological polar surface area (TPSA) is 60.0 Å². The van der Waals surface area contributed by atoms with Gasteiger partial charge in [-0.2, -0.15) is 5.10 Å². The maximum Gasteiger partial charge on any atom is 0.573 e. The minimum Gasteiger partial charge on any atom is -0.405 e. The molecule has 0 fully saturated rings. The predicted octanol–water partition coefficient (Wildman–Crippen LogP) is 4.93. The van der Waals surface area contributed by atoms with E-state index >= 15 is 0 Å². The maximum atomic E-state index is 12.3. The molecule has 9 heteroatoms. The molecule has 0 saturated heterocycles. The number of halogens is 4. The molecule has 2 rings (SSSR count). The minimum atomic E-state index is -4.77. The Bertz CT molecular complexity index is 767. The van der Waals surface area contributed by atoms with E-state index in [1.807, 2.05) is 30.3 Å². The van der Waals surface area contributed by atoms with Crippen LogP contribution in [0.15, 0.2) is 63.2 Å². The van der Waals surface area contributed by atoms with Crippen LogP contribution in [-0.2, 0) is 5.75 Å². The van der Waals surface area contributed by atoms with Crippen LogP contribution < -0.4 is 10.5 Å². The van der Waals surface area contributed by atoms with Gasteiger partial charge in [0.25, 0.3) is 0 Å². The second kappa shape index (κ2) is 8.91. The molecule has 0 heterocycles. The SMILES string of the molecule is NC(=NN=Cc1cccc(OC(F)(F)F)c1Br)SCc1ccccc1. The third-order valence-electron chi connectivity index (χ3n) is 2.80. The largest absolute Gasteiger partial charge is 0.573 e. The number of amidine groups is 1. The van der Waals surface area contributed by atoms with Crippen molar-refractivity contribution in [2.45, 2.75) is 12.1 Å². The number of thioether (sulfide) groups is 1. The van der Waals surface area contributed by atoms with Crippen LogP contribution in [0.5, 0.6) is 5.75 Å². The Labute approximate surface area is 155 Å². The van der Waals surface area contributed by atoms with E-state index in [4.69, 9.17) is 5.73 Å². The standard InChI is InChI=1S/C16H13BrF3N3OS/c17-14-12(7-4-8-13(14)24-16(18,19)20)9-22-23-15(21)25-10-11-5-2-1-3-6-11/h1-9H,10H2,(H2,21,23). The number of alkyl halides is 3. The summed E-state index contributed by atoms with van der Waals surface area (Å²) in [7, 11) is 0. The monoisotopic (exact) mass is 431 g/mol. The fourth-order valence-corrected chi connectivity index (χ4v) is 2.80. The molecule has 0 aromatic heterocycles. The van der Waals surface area contributed by atoms with Crippen LogP contribution in [0.25, 0.3) is 0 Å². The summed E-state index contributed by atoms with van der Waals surface area (Å²) >= 11 is 4.37. The van der Waals surface area contributed by atoms with E-state index in [1.165, 1.54) is 30.1 Å². The second-order valence-electron chi connectivity index (χ2n) is 4.66. The van der Waals surface area contributed by atoms with Crippen molar-refractivity contribution in [3.63, 3.8) is 0 Å². The van der Waals surface area contributed by atoms with E-state index < -0.39 is 6.36 Å². The number of benzene rings is 2. The van der Waals surface area contributed by atoms with Gasteiger partial charge in [0.2, 0.25) is 0 Å². The molecule has 25 heavy (non-hydrogen) atoms. The van der Waals surface area contributed by atoms with Gasteiger partial charge in [-0.3, -0.25) is 0 Å². The molecular weight excluding hydrogens is 419 g/mol. The zero-order chi connectivity index (χ0) is 18.3. The molecule has 132 valence electrons. The highest BCUT2D eigenvalue weighted by Crippen LogP contribution is 2.32. The van der Waals surface area contributed by atoms with E-state index in [1.54, 1.807) is 6.07 Å². The van der Waals surface area contributed by atoms with Crippen molar-refractivity contribution >= 4 is 39.1 Å². The summed E-state index contributed by atoms with van der Waals surface area (Å²) in [5, 5.41) is 7.87. The summed E-state index contributed by atoms with van der Waals surface area (Å²) < 4.78 is 41.0. The zero-order valence-corrected chi connectivity index (χ0v) is 15.1. The number of hydrogen-bond acceptors (Lipinski definition) is 4. The first kappa shape index (κ1) is 19.3. The second-order valence-corrected chi connectivity index (χ2v) is 6.45. The Hall–Kier alpha value is -2.00. The van der Waals surface area contributed by atoms with Crippen LogP contribution >= 0.6 is 27.7 Å². The third kappa shape index (κ3) is 6.79. The van der Waals surface area contributed by atoms with Crippen molar-refractivity contribution in [1.29, 1.82) is 0 Å². The van der Waals surface area contributed by atoms with Crippen molar-refractivity contribution in [3.8, 4) is 5.75 Å². The van der Waals surface area contributed by atoms with E-state index in [0.717, 1.165) is 5.56 Å². The molecule has 0 atom stereocenters. The molecule has 0 bridgehead atoms. The van der Waals surface area contributed by atoms with Crippen LogP contribution in [-0.4, -0.2) is 17.7 Å². The minimum absolute atomic E-state index is 0.127. The summed E-state index contributed by atoms with van der Waals surface area (Å²) in [4.78, 5) is 0. The van der Waals surface area contributed by atoms with E-state index in [9.17, 15) is 13.2 Å². The molecule has 2 aromatic rings. The van der Waals surface area contributed by atoms with Crippen LogP contribution in [0.1, 0.15) is 11.1 Å². The molecule has 0 saturated carbocycles. The lowest BCUT2D eigenvalue weighted by molar-refractivity contribution is -0.274. The fourth-order valence-electron chi connectivity index (χ4n) is 1.74. The summed E-state index contributed by atoms with van der Waals surface area (Å²) in [6.07, 6.45) is -3.47. The Morgan fingerprint density at radius 2 is 1.88 bits per heavy atom. The van der Waals surface area contributed by atoms with Crippen LogP contribution in [0.4, 0.5) is 13.2 Å². The fraction of sp³-hybridized carbons (Fsp3) is 0.125. The van der Waals surface area contributed by atoms with Gasteiger partial charge in [0.05, 0.1) is 10.7 Å². The smallest absolute Gasteiger partial charge is 0.405 e. The molecule has 0 unspecified atom stereocenters. The number of ether oxygens (including phenoxy) is 1. The lowest BCUT2D eigenvalue weighted by Crippen LogP contribution is -2.17. The summed E-state index contributed by atoms with van der Waals surface area (Å²) in [6.45, 7) is 0. The van der Waals surface area contributed by atoms with Gasteiger partial charge < -0.3 is 10.5 Å². The van der Waals surface area contributed by atoms with E-state index in [-0.39, 0.29) is 15.4 Å². The van der Waals surface area contributed by atoms with Gasteiger partial charge in [-0.1, -0.05) is 54.2 Å². The van der Waals surface area contributed by atoms with Crippen molar-refractivity contribution in [2.24, 2.45) is 15.9 Å². The summed E-state index contributed by atoms with van der Waals surface area (Å²) in [5.74, 6) is 0.288. The number of rotatable bonds is 5. The molecule has 0 aliphatic rings. The average molecular weight is 432 g/mol.